The van der Waals surface area contributed by atoms with Gasteiger partial charge in [0.1, 0.15) is 6.10 Å². The quantitative estimate of drug-likeness (QED) is 0.332. The number of epoxide rings is 2. The summed E-state index contributed by atoms with van der Waals surface area (Å²) in [6.45, 7) is 1.59. The number of hydrogen-bond donors (Lipinski definition) is 0. The first-order valence-corrected chi connectivity index (χ1v) is 6.27. The molecule has 5 atom stereocenters. The summed E-state index contributed by atoms with van der Waals surface area (Å²) < 4.78 is 15.9. The van der Waals surface area contributed by atoms with Crippen LogP contribution in [0.15, 0.2) is 5.11 Å². The summed E-state index contributed by atoms with van der Waals surface area (Å²) in [5.74, 6) is 0.763. The Hall–Kier alpha value is -1.30. The normalized spacial score (nSPS) is 41.7. The molecule has 5 unspecified atom stereocenters. The third-order valence-electron chi connectivity index (χ3n) is 3.97. The molecular weight excluding hydrogens is 238 g/mol. The summed E-state index contributed by atoms with van der Waals surface area (Å²) >= 11 is 0. The van der Waals surface area contributed by atoms with Crippen LogP contribution in [0.3, 0.4) is 0 Å². The zero-order chi connectivity index (χ0) is 12.5. The van der Waals surface area contributed by atoms with E-state index in [0.29, 0.717) is 12.0 Å². The molecule has 0 aromatic heterocycles. The molecule has 3 aliphatic rings. The van der Waals surface area contributed by atoms with Crippen molar-refractivity contribution in [2.75, 3.05) is 13.2 Å². The van der Waals surface area contributed by atoms with Gasteiger partial charge in [0.25, 0.3) is 0 Å². The minimum absolute atomic E-state index is 0.189. The van der Waals surface area contributed by atoms with Crippen molar-refractivity contribution in [3.8, 4) is 0 Å². The van der Waals surface area contributed by atoms with E-state index in [9.17, 15) is 4.79 Å². The van der Waals surface area contributed by atoms with Gasteiger partial charge in [-0.3, -0.25) is 0 Å². The molecule has 0 bridgehead atoms. The Morgan fingerprint density at radius 2 is 2.00 bits per heavy atom. The number of hydrogen-bond acceptors (Lipinski definition) is 4. The third kappa shape index (κ3) is 2.58. The summed E-state index contributed by atoms with van der Waals surface area (Å²) in [5, 5.41) is 2.95. The van der Waals surface area contributed by atoms with Gasteiger partial charge in [0.05, 0.1) is 25.4 Å². The number of nitrogens with zero attached hydrogens (tertiary/aromatic N) is 3. The zero-order valence-corrected chi connectivity index (χ0v) is 9.90. The van der Waals surface area contributed by atoms with E-state index in [2.05, 4.69) is 10.0 Å². The molecule has 7 nitrogen and oxygen atoms in total. The number of carbonyl (C=O) groups excluding carboxylic acids is 1. The average molecular weight is 253 g/mol. The van der Waals surface area contributed by atoms with Crippen LogP contribution in [0, 0.1) is 11.8 Å². The van der Waals surface area contributed by atoms with Crippen LogP contribution in [0.25, 0.3) is 10.4 Å². The van der Waals surface area contributed by atoms with Gasteiger partial charge in [-0.1, -0.05) is 0 Å². The van der Waals surface area contributed by atoms with E-state index in [1.807, 2.05) is 0 Å². The number of azide groups is 1. The van der Waals surface area contributed by atoms with Crippen LogP contribution in [0.5, 0.6) is 0 Å². The van der Waals surface area contributed by atoms with Crippen LogP contribution in [0.1, 0.15) is 19.3 Å². The smallest absolute Gasteiger partial charge is 0.397 e. The lowest BCUT2D eigenvalue weighted by molar-refractivity contribution is 0.0124. The average Bonchev–Trinajstić information content (AvgIpc) is 3.22. The molecule has 0 N–H and O–H groups in total. The maximum Gasteiger partial charge on any atom is 0.397 e. The van der Waals surface area contributed by atoms with Crippen molar-refractivity contribution >= 4 is 6.09 Å². The van der Waals surface area contributed by atoms with Crippen LogP contribution in [0.4, 0.5) is 4.79 Å². The summed E-state index contributed by atoms with van der Waals surface area (Å²) in [4.78, 5) is 13.7. The van der Waals surface area contributed by atoms with Crippen LogP contribution in [-0.2, 0) is 14.2 Å². The van der Waals surface area contributed by atoms with E-state index in [1.54, 1.807) is 0 Å². The number of carbonyl (C=O) groups is 1. The summed E-state index contributed by atoms with van der Waals surface area (Å²) in [6, 6.07) is 0. The van der Waals surface area contributed by atoms with Gasteiger partial charge in [-0.2, -0.15) is 0 Å². The predicted molar refractivity (Wildman–Crippen MR) is 59.7 cm³/mol. The van der Waals surface area contributed by atoms with Gasteiger partial charge < -0.3 is 14.2 Å². The van der Waals surface area contributed by atoms with Crippen LogP contribution >= 0.6 is 0 Å². The molecule has 2 aliphatic heterocycles. The molecule has 2 heterocycles. The molecular formula is C11H15N3O4. The van der Waals surface area contributed by atoms with Crippen LogP contribution in [0.2, 0.25) is 0 Å². The molecule has 3 fully saturated rings. The van der Waals surface area contributed by atoms with Gasteiger partial charge in [-0.25, -0.2) is 4.79 Å². The first-order chi connectivity index (χ1) is 8.78. The zero-order valence-electron chi connectivity index (χ0n) is 9.90. The highest BCUT2D eigenvalue weighted by Crippen LogP contribution is 2.42. The predicted octanol–water partition coefficient (Wildman–Crippen LogP) is 2.02. The fourth-order valence-electron chi connectivity index (χ4n) is 2.91. The topological polar surface area (TPSA) is 100 Å². The molecule has 98 valence electrons. The summed E-state index contributed by atoms with van der Waals surface area (Å²) in [7, 11) is 0. The van der Waals surface area contributed by atoms with Gasteiger partial charge in [0.2, 0.25) is 0 Å². The van der Waals surface area contributed by atoms with E-state index >= 15 is 0 Å². The second kappa shape index (κ2) is 4.76. The molecule has 1 saturated carbocycles. The number of ether oxygens (including phenoxy) is 3. The fourth-order valence-corrected chi connectivity index (χ4v) is 2.91. The highest BCUT2D eigenvalue weighted by Gasteiger charge is 2.47. The maximum atomic E-state index is 11.2. The minimum Gasteiger partial charge on any atom is -0.457 e. The van der Waals surface area contributed by atoms with Crippen LogP contribution < -0.4 is 0 Å². The first-order valence-electron chi connectivity index (χ1n) is 6.27. The molecule has 3 rings (SSSR count). The highest BCUT2D eigenvalue weighted by atomic mass is 16.6. The van der Waals surface area contributed by atoms with Crippen molar-refractivity contribution in [3.63, 3.8) is 0 Å². The largest absolute Gasteiger partial charge is 0.457 e. The van der Waals surface area contributed by atoms with Gasteiger partial charge in [-0.05, 0) is 30.7 Å². The second-order valence-electron chi connectivity index (χ2n) is 5.09. The van der Waals surface area contributed by atoms with Gasteiger partial charge in [0.15, 0.2) is 0 Å². The Bertz CT molecular complexity index is 388. The monoisotopic (exact) mass is 253 g/mol. The lowest BCUT2D eigenvalue weighted by Crippen LogP contribution is -2.37. The van der Waals surface area contributed by atoms with E-state index in [1.165, 1.54) is 0 Å². The lowest BCUT2D eigenvalue weighted by Gasteiger charge is -2.34. The van der Waals surface area contributed by atoms with E-state index in [0.717, 1.165) is 32.5 Å². The molecule has 1 aliphatic carbocycles. The van der Waals surface area contributed by atoms with Gasteiger partial charge in [-0.15, -0.1) is 0 Å². The molecule has 0 spiro atoms. The number of rotatable bonds is 3. The second-order valence-corrected chi connectivity index (χ2v) is 5.09. The van der Waals surface area contributed by atoms with Crippen molar-refractivity contribution in [2.24, 2.45) is 17.0 Å². The van der Waals surface area contributed by atoms with E-state index in [4.69, 9.17) is 19.7 Å². The van der Waals surface area contributed by atoms with E-state index < -0.39 is 6.09 Å². The molecule has 18 heavy (non-hydrogen) atoms. The van der Waals surface area contributed by atoms with Crippen molar-refractivity contribution in [2.45, 2.75) is 37.6 Å². The third-order valence-corrected chi connectivity index (χ3v) is 3.97. The highest BCUT2D eigenvalue weighted by molar-refractivity contribution is 5.68. The fraction of sp³-hybridized carbons (Fsp3) is 0.909. The van der Waals surface area contributed by atoms with Crippen LogP contribution in [-0.4, -0.2) is 37.6 Å². The van der Waals surface area contributed by atoms with Gasteiger partial charge in [0, 0.05) is 15.9 Å². The Labute approximate surface area is 104 Å². The van der Waals surface area contributed by atoms with Crippen molar-refractivity contribution in [1.29, 1.82) is 0 Å². The first kappa shape index (κ1) is 11.8. The Balaban J connectivity index is 1.61. The van der Waals surface area contributed by atoms with Crippen molar-refractivity contribution in [1.82, 2.24) is 0 Å². The SMILES string of the molecule is [N-]=[N+]=NC(=O)OC1CCC(C2CO2)CC1C1CO1. The standard InChI is InChI=1S/C11H15N3O4/c12-14-13-11(15)18-8-2-1-6(9-4-16-9)3-7(8)10-5-17-10/h6-10H,1-5H2. The Morgan fingerprint density at radius 1 is 1.28 bits per heavy atom. The molecule has 7 heteroatoms. The number of amides is 1. The molecule has 2 saturated heterocycles. The summed E-state index contributed by atoms with van der Waals surface area (Å²) in [6.07, 6.45) is 2.29. The minimum atomic E-state index is -0.839. The molecule has 0 aromatic rings. The molecule has 1 amide bonds. The molecule has 0 radical (unpaired) electrons. The Morgan fingerprint density at radius 3 is 2.61 bits per heavy atom. The van der Waals surface area contributed by atoms with Crippen molar-refractivity contribution in [3.05, 3.63) is 10.4 Å². The summed E-state index contributed by atoms with van der Waals surface area (Å²) in [5.41, 5.74) is 8.19. The van der Waals surface area contributed by atoms with E-state index in [-0.39, 0.29) is 18.1 Å². The van der Waals surface area contributed by atoms with Crippen molar-refractivity contribution < 1.29 is 19.0 Å². The van der Waals surface area contributed by atoms with Gasteiger partial charge >= 0.3 is 6.09 Å². The Kier molecular flexibility index (Phi) is 3.11. The molecule has 0 aromatic carbocycles. The lowest BCUT2D eigenvalue weighted by atomic mass is 9.76. The maximum absolute atomic E-state index is 11.2.